The number of carbonyl (C=O) groups is 3. The molecule has 0 spiro atoms. The number of nitrogens with one attached hydrogen (secondary N) is 2. The third-order valence-electron chi connectivity index (χ3n) is 6.25. The van der Waals surface area contributed by atoms with E-state index in [4.69, 9.17) is 16.3 Å². The first kappa shape index (κ1) is 21.4. The van der Waals surface area contributed by atoms with Crippen molar-refractivity contribution in [2.24, 2.45) is 0 Å². The first-order valence-corrected chi connectivity index (χ1v) is 11.0. The average Bonchev–Trinajstić information content (AvgIpc) is 3.26. The van der Waals surface area contributed by atoms with Gasteiger partial charge in [-0.3, -0.25) is 14.4 Å². The van der Waals surface area contributed by atoms with Crippen LogP contribution in [0.2, 0.25) is 5.02 Å². The maximum atomic E-state index is 13.4. The Balaban J connectivity index is 1.42. The van der Waals surface area contributed by atoms with Crippen LogP contribution in [-0.2, 0) is 22.5 Å². The van der Waals surface area contributed by atoms with Gasteiger partial charge in [0, 0.05) is 17.9 Å². The van der Waals surface area contributed by atoms with Crippen LogP contribution in [0.5, 0.6) is 0 Å². The van der Waals surface area contributed by atoms with Crippen LogP contribution in [0.25, 0.3) is 0 Å². The van der Waals surface area contributed by atoms with Gasteiger partial charge in [0.25, 0.3) is 17.6 Å². The fourth-order valence-corrected chi connectivity index (χ4v) is 4.66. The molecule has 1 saturated carbocycles. The number of fused-ring (bicyclic) bond motifs is 1. The van der Waals surface area contributed by atoms with Gasteiger partial charge in [0.2, 0.25) is 0 Å². The van der Waals surface area contributed by atoms with E-state index in [1.165, 1.54) is 12.1 Å². The summed E-state index contributed by atoms with van der Waals surface area (Å²) >= 11 is 5.81. The van der Waals surface area contributed by atoms with Gasteiger partial charge in [-0.15, -0.1) is 0 Å². The SMILES string of the molecule is CC1=[N+]=C(C2(NC(=O)C(=O)c3c(C)c(C(=O)Nc4ccc(F)c(Cl)c4)n4c3CCC4)CC2)O1. The van der Waals surface area contributed by atoms with Crippen molar-refractivity contribution in [2.45, 2.75) is 51.6 Å². The molecule has 0 bridgehead atoms. The smallest absolute Gasteiger partial charge is 0.340 e. The second-order valence-electron chi connectivity index (χ2n) is 8.54. The molecule has 3 heterocycles. The molecule has 10 heteroatoms. The fourth-order valence-electron chi connectivity index (χ4n) is 4.48. The highest BCUT2D eigenvalue weighted by atomic mass is 35.5. The maximum Gasteiger partial charge on any atom is 0.502 e. The van der Waals surface area contributed by atoms with Gasteiger partial charge in [-0.2, -0.15) is 0 Å². The molecule has 1 fully saturated rings. The molecule has 0 unspecified atom stereocenters. The summed E-state index contributed by atoms with van der Waals surface area (Å²) in [5.74, 6) is -1.53. The Bertz CT molecular complexity index is 1320. The molecule has 3 aliphatic rings. The lowest BCUT2D eigenvalue weighted by atomic mass is 10.0. The summed E-state index contributed by atoms with van der Waals surface area (Å²) in [6, 6.07) is 3.88. The van der Waals surface area contributed by atoms with E-state index in [1.807, 2.05) is 0 Å². The van der Waals surface area contributed by atoms with Crippen LogP contribution in [-0.4, -0.2) is 39.5 Å². The maximum absolute atomic E-state index is 13.4. The zero-order valence-corrected chi connectivity index (χ0v) is 18.8. The summed E-state index contributed by atoms with van der Waals surface area (Å²) < 4.78 is 24.8. The lowest BCUT2D eigenvalue weighted by Gasteiger charge is -2.13. The van der Waals surface area contributed by atoms with E-state index >= 15 is 0 Å². The van der Waals surface area contributed by atoms with Crippen molar-refractivity contribution in [2.75, 3.05) is 5.32 Å². The molecule has 2 N–H and O–H groups in total. The molecule has 2 amide bonds. The van der Waals surface area contributed by atoms with Gasteiger partial charge in [0.05, 0.1) is 17.5 Å². The Morgan fingerprint density at radius 3 is 2.61 bits per heavy atom. The molecule has 0 atom stereocenters. The number of amides is 2. The highest BCUT2D eigenvalue weighted by Crippen LogP contribution is 2.38. The summed E-state index contributed by atoms with van der Waals surface area (Å²) in [4.78, 5) is 39.2. The number of carbonyl (C=O) groups excluding carboxylic acids is 3. The van der Waals surface area contributed by atoms with Crippen molar-refractivity contribution in [1.82, 2.24) is 14.6 Å². The number of halogens is 2. The summed E-state index contributed by atoms with van der Waals surface area (Å²) in [5.41, 5.74) is 1.27. The Morgan fingerprint density at radius 2 is 1.97 bits per heavy atom. The van der Waals surface area contributed by atoms with Gasteiger partial charge in [0.1, 0.15) is 11.5 Å². The monoisotopic (exact) mass is 471 g/mol. The minimum Gasteiger partial charge on any atom is -0.340 e. The molecule has 8 nitrogen and oxygen atoms in total. The largest absolute Gasteiger partial charge is 0.502 e. The quantitative estimate of drug-likeness (QED) is 0.384. The molecular weight excluding hydrogens is 451 g/mol. The number of anilines is 1. The standard InChI is InChI=1S/C23H20ClFN4O4/c1-11-17(19(30)21(32)28-23(7-8-23)22-26-12(2)33-22)16-4-3-9-29(16)18(11)20(31)27-13-5-6-15(25)14(24)10-13/h5-6,10H,3-4,7-9H2,1-2H3,(H-,27,28,31,32)/p+1. The zero-order chi connectivity index (χ0) is 23.5. The molecule has 170 valence electrons. The van der Waals surface area contributed by atoms with E-state index in [-0.39, 0.29) is 10.6 Å². The third kappa shape index (κ3) is 3.53. The molecule has 0 saturated heterocycles. The van der Waals surface area contributed by atoms with Crippen molar-refractivity contribution in [1.29, 1.82) is 0 Å². The number of ether oxygens (including phenoxy) is 1. The van der Waals surface area contributed by atoms with Gasteiger partial charge in [-0.1, -0.05) is 11.6 Å². The van der Waals surface area contributed by atoms with Crippen molar-refractivity contribution in [3.8, 4) is 0 Å². The molecule has 33 heavy (non-hydrogen) atoms. The topological polar surface area (TPSA) is 104 Å². The average molecular weight is 472 g/mol. The predicted molar refractivity (Wildman–Crippen MR) is 120 cm³/mol. The van der Waals surface area contributed by atoms with Crippen LogP contribution in [0.4, 0.5) is 10.1 Å². The Morgan fingerprint density at radius 1 is 1.24 bits per heavy atom. The first-order valence-electron chi connectivity index (χ1n) is 10.7. The number of Topliss-reactive ketones (excluding diaryl/α,β-unsaturated/α-hetero) is 1. The predicted octanol–water partition coefficient (Wildman–Crippen LogP) is 2.53. The fraction of sp³-hybridized carbons (Fsp3) is 0.348. The van der Waals surface area contributed by atoms with E-state index in [0.717, 1.165) is 12.5 Å². The summed E-state index contributed by atoms with van der Waals surface area (Å²) in [6.45, 7) is 3.93. The van der Waals surface area contributed by atoms with Gasteiger partial charge < -0.3 is 19.9 Å². The number of rotatable bonds is 6. The van der Waals surface area contributed by atoms with E-state index in [2.05, 4.69) is 15.3 Å². The Labute approximate surface area is 193 Å². The number of hydrogen-bond acceptors (Lipinski definition) is 4. The van der Waals surface area contributed by atoms with Gasteiger partial charge in [-0.05, 0) is 61.0 Å². The van der Waals surface area contributed by atoms with E-state index in [0.29, 0.717) is 60.2 Å². The molecule has 5 rings (SSSR count). The summed E-state index contributed by atoms with van der Waals surface area (Å²) in [6.07, 6.45) is 2.64. The molecule has 2 aliphatic heterocycles. The van der Waals surface area contributed by atoms with Crippen LogP contribution in [0.15, 0.2) is 18.2 Å². The second-order valence-corrected chi connectivity index (χ2v) is 8.94. The highest BCUT2D eigenvalue weighted by Gasteiger charge is 2.61. The van der Waals surface area contributed by atoms with E-state index in [9.17, 15) is 18.8 Å². The van der Waals surface area contributed by atoms with E-state index < -0.39 is 29.0 Å². The number of hydrogen-bond donors (Lipinski definition) is 2. The number of ketones is 1. The number of benzene rings is 1. The molecule has 1 aliphatic carbocycles. The second kappa shape index (κ2) is 7.57. The van der Waals surface area contributed by atoms with Crippen LogP contribution >= 0.6 is 11.6 Å². The number of aromatic nitrogens is 1. The molecular formula is C23H21ClFN4O4+. The minimum absolute atomic E-state index is 0.112. The van der Waals surface area contributed by atoms with Crippen LogP contribution in [0.1, 0.15) is 58.3 Å². The number of nitrogens with zero attached hydrogens (tertiary/aromatic N) is 2. The van der Waals surface area contributed by atoms with Gasteiger partial charge >= 0.3 is 11.8 Å². The normalized spacial score (nSPS) is 17.2. The Hall–Kier alpha value is -3.42. The van der Waals surface area contributed by atoms with Crippen LogP contribution < -0.4 is 15.3 Å². The third-order valence-corrected chi connectivity index (χ3v) is 6.54. The van der Waals surface area contributed by atoms with Crippen LogP contribution in [0, 0.1) is 12.7 Å². The first-order chi connectivity index (χ1) is 15.7. The summed E-state index contributed by atoms with van der Waals surface area (Å²) in [5, 5.41) is 5.37. The van der Waals surface area contributed by atoms with Crippen molar-refractivity contribution >= 4 is 46.7 Å². The zero-order valence-electron chi connectivity index (χ0n) is 18.1. The minimum atomic E-state index is -0.746. The molecule has 0 radical (unpaired) electrons. The van der Waals surface area contributed by atoms with Gasteiger partial charge in [-0.25, -0.2) is 4.39 Å². The van der Waals surface area contributed by atoms with Crippen molar-refractivity contribution in [3.63, 3.8) is 0 Å². The van der Waals surface area contributed by atoms with Crippen molar-refractivity contribution in [3.05, 3.63) is 51.6 Å². The van der Waals surface area contributed by atoms with E-state index in [1.54, 1.807) is 18.4 Å². The molecule has 1 aromatic carbocycles. The Kier molecular flexibility index (Phi) is 4.92. The molecule has 1 aromatic heterocycles. The highest BCUT2D eigenvalue weighted by molar-refractivity contribution is 6.44. The lowest BCUT2D eigenvalue weighted by molar-refractivity contribution is -0.117. The summed E-state index contributed by atoms with van der Waals surface area (Å²) in [7, 11) is 0. The van der Waals surface area contributed by atoms with Crippen molar-refractivity contribution < 1.29 is 23.5 Å². The van der Waals surface area contributed by atoms with Gasteiger partial charge in [0.15, 0.2) is 5.54 Å². The molecule has 2 aromatic rings. The van der Waals surface area contributed by atoms with Crippen LogP contribution in [0.3, 0.4) is 0 Å². The lowest BCUT2D eigenvalue weighted by Crippen LogP contribution is -2.51.